The highest BCUT2D eigenvalue weighted by molar-refractivity contribution is 8.15. The van der Waals surface area contributed by atoms with Crippen molar-refractivity contribution < 1.29 is 14.3 Å². The summed E-state index contributed by atoms with van der Waals surface area (Å²) in [7, 11) is 1.64. The SMILES string of the molecule is CCOC(=O)/N=C1\Sc2c(OC)ccc3cccc1c23. The van der Waals surface area contributed by atoms with Crippen molar-refractivity contribution in [1.82, 2.24) is 0 Å². The Bertz CT molecular complexity index is 724. The number of nitrogens with zero attached hydrogens (tertiary/aromatic N) is 1. The number of methoxy groups -OCH3 is 1. The molecule has 1 amide bonds. The Morgan fingerprint density at radius 3 is 2.90 bits per heavy atom. The molecule has 2 aromatic carbocycles. The number of hydrogen-bond donors (Lipinski definition) is 0. The summed E-state index contributed by atoms with van der Waals surface area (Å²) in [5.74, 6) is 0.795. The Hall–Kier alpha value is -2.01. The average Bonchev–Trinajstić information content (AvgIpc) is 2.81. The van der Waals surface area contributed by atoms with E-state index < -0.39 is 6.09 Å². The minimum Gasteiger partial charge on any atom is -0.496 e. The van der Waals surface area contributed by atoms with Crippen molar-refractivity contribution in [2.24, 2.45) is 4.99 Å². The van der Waals surface area contributed by atoms with Crippen LogP contribution >= 0.6 is 11.8 Å². The lowest BCUT2D eigenvalue weighted by atomic mass is 10.1. The summed E-state index contributed by atoms with van der Waals surface area (Å²) in [4.78, 5) is 16.6. The molecule has 20 heavy (non-hydrogen) atoms. The number of hydrogen-bond acceptors (Lipinski definition) is 4. The van der Waals surface area contributed by atoms with Gasteiger partial charge in [-0.25, -0.2) is 4.79 Å². The maximum absolute atomic E-state index is 11.6. The van der Waals surface area contributed by atoms with Gasteiger partial charge in [-0.05, 0) is 18.4 Å². The number of benzene rings is 2. The zero-order valence-corrected chi connectivity index (χ0v) is 12.0. The molecular weight excluding hydrogens is 274 g/mol. The summed E-state index contributed by atoms with van der Waals surface area (Å²) in [5.41, 5.74) is 0.953. The Balaban J connectivity index is 2.15. The second-order valence-corrected chi connectivity index (χ2v) is 5.22. The summed E-state index contributed by atoms with van der Waals surface area (Å²) in [6.45, 7) is 2.08. The largest absolute Gasteiger partial charge is 0.496 e. The van der Waals surface area contributed by atoms with Crippen LogP contribution in [0.4, 0.5) is 4.79 Å². The van der Waals surface area contributed by atoms with Crippen LogP contribution < -0.4 is 4.74 Å². The summed E-state index contributed by atoms with van der Waals surface area (Å²) < 4.78 is 10.3. The number of rotatable bonds is 2. The Labute approximate surface area is 120 Å². The number of ether oxygens (including phenoxy) is 2. The zero-order chi connectivity index (χ0) is 14.1. The van der Waals surface area contributed by atoms with Crippen molar-refractivity contribution in [3.05, 3.63) is 35.9 Å². The minimum atomic E-state index is -0.557. The first-order valence-electron chi connectivity index (χ1n) is 6.28. The molecule has 1 aliphatic rings. The quantitative estimate of drug-likeness (QED) is 0.841. The van der Waals surface area contributed by atoms with Gasteiger partial charge in [0.05, 0.1) is 18.6 Å². The van der Waals surface area contributed by atoms with Gasteiger partial charge in [-0.15, -0.1) is 0 Å². The van der Waals surface area contributed by atoms with Crippen LogP contribution in [0.1, 0.15) is 12.5 Å². The van der Waals surface area contributed by atoms with E-state index in [-0.39, 0.29) is 0 Å². The Morgan fingerprint density at radius 1 is 1.30 bits per heavy atom. The molecule has 0 saturated heterocycles. The van der Waals surface area contributed by atoms with Gasteiger partial charge in [-0.1, -0.05) is 36.0 Å². The second kappa shape index (κ2) is 5.17. The van der Waals surface area contributed by atoms with E-state index in [1.54, 1.807) is 14.0 Å². The molecule has 5 heteroatoms. The number of carbonyl (C=O) groups excluding carboxylic acids is 1. The second-order valence-electron chi connectivity index (χ2n) is 4.22. The molecule has 0 atom stereocenters. The molecule has 0 saturated carbocycles. The minimum absolute atomic E-state index is 0.320. The van der Waals surface area contributed by atoms with Crippen LogP contribution in [0.5, 0.6) is 5.75 Å². The summed E-state index contributed by atoms with van der Waals surface area (Å²) in [6.07, 6.45) is -0.557. The smallest absolute Gasteiger partial charge is 0.434 e. The zero-order valence-electron chi connectivity index (χ0n) is 11.2. The lowest BCUT2D eigenvalue weighted by Crippen LogP contribution is -2.01. The van der Waals surface area contributed by atoms with E-state index in [9.17, 15) is 4.79 Å². The van der Waals surface area contributed by atoms with Crippen LogP contribution in [0.15, 0.2) is 40.2 Å². The molecule has 4 nitrogen and oxygen atoms in total. The van der Waals surface area contributed by atoms with E-state index in [0.717, 1.165) is 27.0 Å². The van der Waals surface area contributed by atoms with E-state index >= 15 is 0 Å². The van der Waals surface area contributed by atoms with Gasteiger partial charge >= 0.3 is 6.09 Å². The third-order valence-electron chi connectivity index (χ3n) is 3.07. The first-order chi connectivity index (χ1) is 9.74. The van der Waals surface area contributed by atoms with Crippen LogP contribution in [0, 0.1) is 0 Å². The molecule has 0 unspecified atom stereocenters. The van der Waals surface area contributed by atoms with E-state index in [1.807, 2.05) is 30.3 Å². The van der Waals surface area contributed by atoms with Crippen molar-refractivity contribution in [1.29, 1.82) is 0 Å². The first kappa shape index (κ1) is 13.0. The van der Waals surface area contributed by atoms with Gasteiger partial charge in [-0.3, -0.25) is 0 Å². The molecule has 3 rings (SSSR count). The fourth-order valence-corrected chi connectivity index (χ4v) is 3.42. The molecule has 2 aromatic rings. The Morgan fingerprint density at radius 2 is 2.15 bits per heavy atom. The lowest BCUT2D eigenvalue weighted by molar-refractivity contribution is 0.163. The lowest BCUT2D eigenvalue weighted by Gasteiger charge is -2.05. The summed E-state index contributed by atoms with van der Waals surface area (Å²) in [6, 6.07) is 9.90. The van der Waals surface area contributed by atoms with Crippen molar-refractivity contribution in [3.8, 4) is 5.75 Å². The number of thioether (sulfide) groups is 1. The van der Waals surface area contributed by atoms with Gasteiger partial charge in [0.2, 0.25) is 0 Å². The molecule has 0 spiro atoms. The number of amides is 1. The molecule has 0 aromatic heterocycles. The topological polar surface area (TPSA) is 47.9 Å². The van der Waals surface area contributed by atoms with Crippen LogP contribution in [-0.2, 0) is 4.74 Å². The van der Waals surface area contributed by atoms with Gasteiger partial charge in [0.1, 0.15) is 10.8 Å². The van der Waals surface area contributed by atoms with Gasteiger partial charge in [0.25, 0.3) is 0 Å². The molecule has 1 aliphatic heterocycles. The highest BCUT2D eigenvalue weighted by Gasteiger charge is 2.25. The molecule has 0 aliphatic carbocycles. The summed E-state index contributed by atoms with van der Waals surface area (Å²) >= 11 is 1.44. The molecule has 0 N–H and O–H groups in total. The highest BCUT2D eigenvalue weighted by atomic mass is 32.2. The maximum Gasteiger partial charge on any atom is 0.434 e. The molecule has 0 bridgehead atoms. The number of aliphatic imine (C=N–C) groups is 1. The van der Waals surface area contributed by atoms with E-state index in [2.05, 4.69) is 4.99 Å². The highest BCUT2D eigenvalue weighted by Crippen LogP contribution is 2.46. The average molecular weight is 287 g/mol. The molecule has 102 valence electrons. The van der Waals surface area contributed by atoms with Crippen molar-refractivity contribution >= 4 is 33.7 Å². The van der Waals surface area contributed by atoms with Crippen LogP contribution in [-0.4, -0.2) is 24.9 Å². The van der Waals surface area contributed by atoms with Gasteiger partial charge in [0.15, 0.2) is 0 Å². The van der Waals surface area contributed by atoms with Crippen molar-refractivity contribution in [2.75, 3.05) is 13.7 Å². The predicted molar refractivity (Wildman–Crippen MR) is 79.9 cm³/mol. The fraction of sp³-hybridized carbons (Fsp3) is 0.200. The standard InChI is InChI=1S/C15H13NO3S/c1-3-19-15(17)16-14-10-6-4-5-9-7-8-11(18-2)13(20-14)12(9)10/h4-8H,3H2,1-2H3/b16-14-. The molecular formula is C15H13NO3S. The van der Waals surface area contributed by atoms with Gasteiger partial charge < -0.3 is 9.47 Å². The van der Waals surface area contributed by atoms with E-state index in [0.29, 0.717) is 11.7 Å². The van der Waals surface area contributed by atoms with Gasteiger partial charge in [-0.2, -0.15) is 4.99 Å². The van der Waals surface area contributed by atoms with Crippen LogP contribution in [0.25, 0.3) is 10.8 Å². The van der Waals surface area contributed by atoms with Crippen molar-refractivity contribution in [3.63, 3.8) is 0 Å². The van der Waals surface area contributed by atoms with Crippen LogP contribution in [0.2, 0.25) is 0 Å². The fourth-order valence-electron chi connectivity index (χ4n) is 2.24. The molecule has 0 radical (unpaired) electrons. The third-order valence-corrected chi connectivity index (χ3v) is 4.19. The molecule has 1 heterocycles. The van der Waals surface area contributed by atoms with E-state index in [4.69, 9.17) is 9.47 Å². The third kappa shape index (κ3) is 2.04. The normalized spacial score (nSPS) is 14.8. The number of carbonyl (C=O) groups is 1. The predicted octanol–water partition coefficient (Wildman–Crippen LogP) is 3.86. The van der Waals surface area contributed by atoms with Crippen LogP contribution in [0.3, 0.4) is 0 Å². The van der Waals surface area contributed by atoms with Gasteiger partial charge in [0, 0.05) is 10.9 Å². The van der Waals surface area contributed by atoms with Crippen molar-refractivity contribution in [2.45, 2.75) is 11.8 Å². The first-order valence-corrected chi connectivity index (χ1v) is 7.09. The monoisotopic (exact) mass is 287 g/mol. The molecule has 0 fully saturated rings. The van der Waals surface area contributed by atoms with E-state index in [1.165, 1.54) is 11.8 Å². The maximum atomic E-state index is 11.6. The summed E-state index contributed by atoms with van der Waals surface area (Å²) in [5, 5.41) is 2.85. The Kier molecular flexibility index (Phi) is 3.36.